The van der Waals surface area contributed by atoms with Crippen molar-refractivity contribution < 1.29 is 9.53 Å². The van der Waals surface area contributed by atoms with E-state index in [0.29, 0.717) is 12.3 Å². The number of hydrogen-bond donors (Lipinski definition) is 0. The number of anilines is 1. The van der Waals surface area contributed by atoms with Crippen molar-refractivity contribution in [3.63, 3.8) is 0 Å². The van der Waals surface area contributed by atoms with Gasteiger partial charge in [-0.1, -0.05) is 18.2 Å². The van der Waals surface area contributed by atoms with E-state index in [1.165, 1.54) is 23.7 Å². The molecular weight excluding hydrogens is 288 g/mol. The molecule has 0 unspecified atom stereocenters. The fourth-order valence-corrected chi connectivity index (χ4v) is 3.47. The van der Waals surface area contributed by atoms with E-state index in [1.54, 1.807) is 0 Å². The maximum absolute atomic E-state index is 11.3. The first-order chi connectivity index (χ1) is 11.2. The van der Waals surface area contributed by atoms with Crippen molar-refractivity contribution in [2.24, 2.45) is 5.92 Å². The summed E-state index contributed by atoms with van der Waals surface area (Å²) in [6, 6.07) is 8.49. The van der Waals surface area contributed by atoms with Gasteiger partial charge in [-0.05, 0) is 43.7 Å². The Kier molecular flexibility index (Phi) is 4.79. The summed E-state index contributed by atoms with van der Waals surface area (Å²) in [7, 11) is 1.46. The number of esters is 1. The molecule has 2 aromatic rings. The predicted octanol–water partition coefficient (Wildman–Crippen LogP) is 3.71. The van der Waals surface area contributed by atoms with Crippen LogP contribution in [0.25, 0.3) is 10.9 Å². The predicted molar refractivity (Wildman–Crippen MR) is 92.7 cm³/mol. The highest BCUT2D eigenvalue weighted by atomic mass is 16.5. The molecule has 2 heterocycles. The van der Waals surface area contributed by atoms with Gasteiger partial charge in [-0.2, -0.15) is 0 Å². The van der Waals surface area contributed by atoms with E-state index in [-0.39, 0.29) is 5.97 Å². The van der Waals surface area contributed by atoms with Crippen molar-refractivity contribution in [3.8, 4) is 0 Å². The normalized spacial score (nSPS) is 15.8. The smallest absolute Gasteiger partial charge is 0.305 e. The van der Waals surface area contributed by atoms with Gasteiger partial charge in [0.2, 0.25) is 0 Å². The molecule has 1 aromatic heterocycles. The Morgan fingerprint density at radius 2 is 2.09 bits per heavy atom. The number of nitrogens with zero attached hydrogens (tertiary/aromatic N) is 2. The van der Waals surface area contributed by atoms with Crippen LogP contribution in [-0.4, -0.2) is 31.2 Å². The van der Waals surface area contributed by atoms with E-state index in [0.717, 1.165) is 37.9 Å². The maximum atomic E-state index is 11.3. The van der Waals surface area contributed by atoms with Crippen molar-refractivity contribution in [2.45, 2.75) is 32.6 Å². The zero-order chi connectivity index (χ0) is 16.2. The van der Waals surface area contributed by atoms with Gasteiger partial charge < -0.3 is 9.64 Å². The summed E-state index contributed by atoms with van der Waals surface area (Å²) < 4.78 is 4.73. The van der Waals surface area contributed by atoms with Crippen LogP contribution in [-0.2, 0) is 9.53 Å². The molecule has 1 aliphatic heterocycles. The fraction of sp³-hybridized carbons (Fsp3) is 0.474. The van der Waals surface area contributed by atoms with Crippen molar-refractivity contribution in [1.82, 2.24) is 4.98 Å². The molecule has 3 rings (SSSR count). The molecule has 4 nitrogen and oxygen atoms in total. The molecule has 1 aromatic carbocycles. The van der Waals surface area contributed by atoms with Gasteiger partial charge in [0, 0.05) is 36.8 Å². The topological polar surface area (TPSA) is 42.4 Å². The van der Waals surface area contributed by atoms with E-state index < -0.39 is 0 Å². The average molecular weight is 312 g/mol. The second kappa shape index (κ2) is 6.99. The first-order valence-electron chi connectivity index (χ1n) is 8.35. The number of carbonyl (C=O) groups excluding carboxylic acids is 1. The Morgan fingerprint density at radius 1 is 1.30 bits per heavy atom. The van der Waals surface area contributed by atoms with Crippen LogP contribution < -0.4 is 4.90 Å². The first kappa shape index (κ1) is 15.8. The van der Waals surface area contributed by atoms with Gasteiger partial charge in [-0.25, -0.2) is 0 Å². The minimum absolute atomic E-state index is 0.0944. The summed E-state index contributed by atoms with van der Waals surface area (Å²) in [6.45, 7) is 4.19. The number of hydrogen-bond acceptors (Lipinski definition) is 4. The van der Waals surface area contributed by atoms with E-state index in [9.17, 15) is 4.79 Å². The number of rotatable bonds is 4. The summed E-state index contributed by atoms with van der Waals surface area (Å²) in [6.07, 6.45) is 5.66. The molecule has 1 aliphatic rings. The highest BCUT2D eigenvalue weighted by molar-refractivity contribution is 5.93. The monoisotopic (exact) mass is 312 g/mol. The van der Waals surface area contributed by atoms with Crippen molar-refractivity contribution >= 4 is 22.6 Å². The third-order valence-corrected chi connectivity index (χ3v) is 4.89. The summed E-state index contributed by atoms with van der Waals surface area (Å²) in [5, 5.41) is 1.24. The Hall–Kier alpha value is -2.10. The SMILES string of the molecule is COC(=O)CCC1CCN(c2ccnc3c(C)cccc23)CC1. The van der Waals surface area contributed by atoms with Gasteiger partial charge >= 0.3 is 5.97 Å². The zero-order valence-electron chi connectivity index (χ0n) is 13.9. The number of aromatic nitrogens is 1. The molecule has 0 aliphatic carbocycles. The van der Waals surface area contributed by atoms with Gasteiger partial charge in [0.25, 0.3) is 0 Å². The van der Waals surface area contributed by atoms with Crippen LogP contribution in [0.1, 0.15) is 31.2 Å². The van der Waals surface area contributed by atoms with Gasteiger partial charge in [-0.15, -0.1) is 0 Å². The molecule has 1 fully saturated rings. The number of benzene rings is 1. The van der Waals surface area contributed by atoms with Gasteiger partial charge in [0.1, 0.15) is 0 Å². The number of methoxy groups -OCH3 is 1. The minimum atomic E-state index is -0.0944. The Labute approximate surface area is 137 Å². The molecule has 0 saturated carbocycles. The molecule has 0 radical (unpaired) electrons. The molecule has 4 heteroatoms. The summed E-state index contributed by atoms with van der Waals surface area (Å²) in [4.78, 5) is 18.3. The lowest BCUT2D eigenvalue weighted by Gasteiger charge is -2.34. The number of para-hydroxylation sites is 1. The van der Waals surface area contributed by atoms with Crippen LogP contribution in [0.5, 0.6) is 0 Å². The number of aryl methyl sites for hydroxylation is 1. The van der Waals surface area contributed by atoms with Crippen LogP contribution in [0, 0.1) is 12.8 Å². The molecule has 0 amide bonds. The van der Waals surface area contributed by atoms with Crippen molar-refractivity contribution in [2.75, 3.05) is 25.1 Å². The number of fused-ring (bicyclic) bond motifs is 1. The van der Waals surface area contributed by atoms with Crippen LogP contribution in [0.2, 0.25) is 0 Å². The van der Waals surface area contributed by atoms with Crippen LogP contribution in [0.3, 0.4) is 0 Å². The number of piperidine rings is 1. The standard InChI is InChI=1S/C19H24N2O2/c1-14-4-3-5-16-17(8-11-20-19(14)16)21-12-9-15(10-13-21)6-7-18(22)23-2/h3-5,8,11,15H,6-7,9-10,12-13H2,1-2H3. The van der Waals surface area contributed by atoms with Crippen LogP contribution >= 0.6 is 0 Å². The molecule has 23 heavy (non-hydrogen) atoms. The minimum Gasteiger partial charge on any atom is -0.469 e. The largest absolute Gasteiger partial charge is 0.469 e. The third-order valence-electron chi connectivity index (χ3n) is 4.89. The lowest BCUT2D eigenvalue weighted by molar-refractivity contribution is -0.141. The van der Waals surface area contributed by atoms with Gasteiger partial charge in [0.15, 0.2) is 0 Å². The summed E-state index contributed by atoms with van der Waals surface area (Å²) in [5.41, 5.74) is 3.60. The Balaban J connectivity index is 1.69. The lowest BCUT2D eigenvalue weighted by Crippen LogP contribution is -2.34. The number of carbonyl (C=O) groups is 1. The average Bonchev–Trinajstić information content (AvgIpc) is 2.60. The summed E-state index contributed by atoms with van der Waals surface area (Å²) >= 11 is 0. The number of ether oxygens (including phenoxy) is 1. The van der Waals surface area contributed by atoms with Crippen LogP contribution in [0.15, 0.2) is 30.5 Å². The molecule has 1 saturated heterocycles. The molecular formula is C19H24N2O2. The van der Waals surface area contributed by atoms with E-state index in [1.807, 2.05) is 6.20 Å². The zero-order valence-corrected chi connectivity index (χ0v) is 13.9. The van der Waals surface area contributed by atoms with E-state index in [4.69, 9.17) is 4.74 Å². The van der Waals surface area contributed by atoms with Gasteiger partial charge in [-0.3, -0.25) is 9.78 Å². The van der Waals surface area contributed by atoms with E-state index in [2.05, 4.69) is 41.1 Å². The van der Waals surface area contributed by atoms with Gasteiger partial charge in [0.05, 0.1) is 12.6 Å². The quantitative estimate of drug-likeness (QED) is 0.807. The third kappa shape index (κ3) is 3.46. The number of pyridine rings is 1. The molecule has 0 N–H and O–H groups in total. The summed E-state index contributed by atoms with van der Waals surface area (Å²) in [5.74, 6) is 0.531. The second-order valence-electron chi connectivity index (χ2n) is 6.35. The molecule has 0 atom stereocenters. The molecule has 122 valence electrons. The molecule has 0 bridgehead atoms. The molecule has 0 spiro atoms. The lowest BCUT2D eigenvalue weighted by atomic mass is 9.91. The highest BCUT2D eigenvalue weighted by Gasteiger charge is 2.21. The van der Waals surface area contributed by atoms with Crippen molar-refractivity contribution in [3.05, 3.63) is 36.0 Å². The second-order valence-corrected chi connectivity index (χ2v) is 6.35. The van der Waals surface area contributed by atoms with Crippen LogP contribution in [0.4, 0.5) is 5.69 Å². The Morgan fingerprint density at radius 3 is 2.83 bits per heavy atom. The van der Waals surface area contributed by atoms with Crippen molar-refractivity contribution in [1.29, 1.82) is 0 Å². The fourth-order valence-electron chi connectivity index (χ4n) is 3.47. The first-order valence-corrected chi connectivity index (χ1v) is 8.35. The van der Waals surface area contributed by atoms with E-state index >= 15 is 0 Å². The Bertz CT molecular complexity index is 691. The maximum Gasteiger partial charge on any atom is 0.305 e. The highest BCUT2D eigenvalue weighted by Crippen LogP contribution is 2.31.